The van der Waals surface area contributed by atoms with Crippen molar-refractivity contribution in [2.75, 3.05) is 0 Å². The fourth-order valence-corrected chi connectivity index (χ4v) is 1.11. The molecule has 0 amide bonds. The summed E-state index contributed by atoms with van der Waals surface area (Å²) in [6, 6.07) is 3.07. The second-order valence-corrected chi connectivity index (χ2v) is 2.66. The number of carbonyl (C=O) groups excluding carboxylic acids is 1. The van der Waals surface area contributed by atoms with Gasteiger partial charge in [0.15, 0.2) is 11.5 Å². The summed E-state index contributed by atoms with van der Waals surface area (Å²) in [7, 11) is 2.02. The fraction of sp³-hybridized carbons (Fsp3) is 0.125. The predicted molar refractivity (Wildman–Crippen MR) is 48.6 cm³/mol. The van der Waals surface area contributed by atoms with E-state index in [9.17, 15) is 9.90 Å². The van der Waals surface area contributed by atoms with Gasteiger partial charge < -0.3 is 9.63 Å². The average molecular weight is 184 g/mol. The van der Waals surface area contributed by atoms with Crippen molar-refractivity contribution in [1.82, 2.24) is 0 Å². The van der Waals surface area contributed by atoms with Gasteiger partial charge in [0.1, 0.15) is 6.29 Å². The van der Waals surface area contributed by atoms with Crippen molar-refractivity contribution < 1.29 is 14.4 Å². The minimum atomic E-state index is 0.0654. The summed E-state index contributed by atoms with van der Waals surface area (Å²) in [6.07, 6.45) is 0.708. The molecule has 1 N–H and O–H groups in total. The van der Waals surface area contributed by atoms with Crippen LogP contribution in [0.4, 0.5) is 0 Å². The lowest BCUT2D eigenvalue weighted by Crippen LogP contribution is -1.85. The van der Waals surface area contributed by atoms with Crippen molar-refractivity contribution in [2.24, 2.45) is 0 Å². The van der Waals surface area contributed by atoms with Crippen LogP contribution in [0.15, 0.2) is 12.1 Å². The van der Waals surface area contributed by atoms with E-state index in [-0.39, 0.29) is 5.75 Å². The topological polar surface area (TPSA) is 46.5 Å². The lowest BCUT2D eigenvalue weighted by atomic mass is 10.1. The molecule has 4 heteroatoms. The van der Waals surface area contributed by atoms with Gasteiger partial charge in [-0.05, 0) is 24.6 Å². The number of hydrogen-bond acceptors (Lipinski definition) is 3. The Bertz CT molecular complexity index is 309. The number of rotatable bonds is 2. The van der Waals surface area contributed by atoms with E-state index in [4.69, 9.17) is 4.52 Å². The highest BCUT2D eigenvalue weighted by atomic mass is 31.0. The van der Waals surface area contributed by atoms with Crippen LogP contribution in [0.2, 0.25) is 0 Å². The molecule has 0 bridgehead atoms. The van der Waals surface area contributed by atoms with Crippen LogP contribution < -0.4 is 4.52 Å². The van der Waals surface area contributed by atoms with Gasteiger partial charge in [-0.3, -0.25) is 4.79 Å². The first kappa shape index (κ1) is 9.01. The van der Waals surface area contributed by atoms with Crippen LogP contribution in [-0.2, 0) is 0 Å². The molecule has 1 unspecified atom stereocenters. The smallest absolute Gasteiger partial charge is 0.165 e. The molecule has 0 aromatic heterocycles. The fourth-order valence-electron chi connectivity index (χ4n) is 0.932. The van der Waals surface area contributed by atoms with E-state index in [1.165, 1.54) is 6.07 Å². The molecule has 1 aromatic rings. The van der Waals surface area contributed by atoms with Crippen LogP contribution in [0, 0.1) is 6.92 Å². The third-order valence-electron chi connectivity index (χ3n) is 1.55. The Morgan fingerprint density at radius 3 is 2.75 bits per heavy atom. The molecule has 0 aliphatic carbocycles. The molecule has 0 saturated heterocycles. The van der Waals surface area contributed by atoms with Crippen molar-refractivity contribution >= 4 is 15.8 Å². The molecular formula is C8H9O3P. The third-order valence-corrected chi connectivity index (χ3v) is 1.80. The van der Waals surface area contributed by atoms with Gasteiger partial charge in [0, 0.05) is 5.56 Å². The Balaban J connectivity index is 3.28. The maximum atomic E-state index is 10.4. The molecule has 0 aliphatic rings. The Morgan fingerprint density at radius 2 is 2.25 bits per heavy atom. The summed E-state index contributed by atoms with van der Waals surface area (Å²) in [5, 5.41) is 9.36. The summed E-state index contributed by atoms with van der Waals surface area (Å²) in [5.41, 5.74) is 1.11. The lowest BCUT2D eigenvalue weighted by molar-refractivity contribution is 0.112. The first-order valence-electron chi connectivity index (χ1n) is 3.34. The van der Waals surface area contributed by atoms with Crippen molar-refractivity contribution in [1.29, 1.82) is 0 Å². The van der Waals surface area contributed by atoms with Crippen LogP contribution in [0.3, 0.4) is 0 Å². The second-order valence-electron chi connectivity index (χ2n) is 2.42. The molecule has 0 heterocycles. The molecule has 12 heavy (non-hydrogen) atoms. The lowest BCUT2D eigenvalue weighted by Gasteiger charge is -2.05. The molecule has 0 spiro atoms. The Morgan fingerprint density at radius 1 is 1.58 bits per heavy atom. The maximum Gasteiger partial charge on any atom is 0.165 e. The van der Waals surface area contributed by atoms with Crippen molar-refractivity contribution in [3.63, 3.8) is 0 Å². The van der Waals surface area contributed by atoms with Gasteiger partial charge in [-0.2, -0.15) is 0 Å². The molecule has 0 aliphatic heterocycles. The summed E-state index contributed by atoms with van der Waals surface area (Å²) in [4.78, 5) is 10.4. The van der Waals surface area contributed by atoms with Gasteiger partial charge in [-0.15, -0.1) is 0 Å². The Hall–Kier alpha value is -1.08. The number of aryl methyl sites for hydroxylation is 1. The second kappa shape index (κ2) is 3.55. The monoisotopic (exact) mass is 184 g/mol. The molecule has 1 atom stereocenters. The summed E-state index contributed by atoms with van der Waals surface area (Å²) < 4.78 is 4.78. The van der Waals surface area contributed by atoms with Crippen molar-refractivity contribution in [3.05, 3.63) is 23.3 Å². The molecule has 1 aromatic carbocycles. The van der Waals surface area contributed by atoms with Crippen LogP contribution in [0.5, 0.6) is 11.5 Å². The van der Waals surface area contributed by atoms with E-state index in [0.717, 1.165) is 0 Å². The zero-order valence-electron chi connectivity index (χ0n) is 6.57. The Labute approximate surface area is 72.6 Å². The van der Waals surface area contributed by atoms with Crippen molar-refractivity contribution in [2.45, 2.75) is 6.92 Å². The predicted octanol–water partition coefficient (Wildman–Crippen LogP) is 1.68. The highest BCUT2D eigenvalue weighted by Gasteiger charge is 2.06. The molecular weight excluding hydrogens is 175 g/mol. The van der Waals surface area contributed by atoms with E-state index in [1.807, 2.05) is 9.47 Å². The summed E-state index contributed by atoms with van der Waals surface area (Å²) in [5.74, 6) is 0.359. The van der Waals surface area contributed by atoms with Crippen molar-refractivity contribution in [3.8, 4) is 11.5 Å². The molecule has 0 radical (unpaired) electrons. The summed E-state index contributed by atoms with van der Waals surface area (Å²) in [6.45, 7) is 1.70. The van der Waals surface area contributed by atoms with E-state index < -0.39 is 0 Å². The van der Waals surface area contributed by atoms with Crippen LogP contribution in [0.25, 0.3) is 0 Å². The first-order valence-corrected chi connectivity index (χ1v) is 3.81. The molecule has 0 saturated carbocycles. The molecule has 0 fully saturated rings. The number of hydrogen-bond donors (Lipinski definition) is 1. The number of benzene rings is 1. The summed E-state index contributed by atoms with van der Waals surface area (Å²) >= 11 is 0. The molecule has 3 nitrogen and oxygen atoms in total. The van der Waals surface area contributed by atoms with E-state index in [0.29, 0.717) is 23.2 Å². The van der Waals surface area contributed by atoms with Crippen LogP contribution in [0.1, 0.15) is 15.9 Å². The van der Waals surface area contributed by atoms with Gasteiger partial charge in [-0.25, -0.2) is 0 Å². The van der Waals surface area contributed by atoms with Crippen LogP contribution in [-0.4, -0.2) is 11.4 Å². The van der Waals surface area contributed by atoms with E-state index in [1.54, 1.807) is 13.0 Å². The largest absolute Gasteiger partial charge is 0.504 e. The number of aldehydes is 1. The maximum absolute atomic E-state index is 10.4. The highest BCUT2D eigenvalue weighted by Crippen LogP contribution is 2.31. The molecule has 64 valence electrons. The van der Waals surface area contributed by atoms with Gasteiger partial charge >= 0.3 is 0 Å². The zero-order chi connectivity index (χ0) is 9.14. The van der Waals surface area contributed by atoms with Gasteiger partial charge in [0.25, 0.3) is 0 Å². The quantitative estimate of drug-likeness (QED) is 0.561. The van der Waals surface area contributed by atoms with Crippen LogP contribution >= 0.6 is 9.47 Å². The average Bonchev–Trinajstić information content (AvgIpc) is 2.09. The van der Waals surface area contributed by atoms with Gasteiger partial charge in [-0.1, -0.05) is 0 Å². The SMILES string of the molecule is Cc1cc(C=O)cc(OP)c1O. The number of phenols is 1. The number of aromatic hydroxyl groups is 1. The minimum absolute atomic E-state index is 0.0654. The third kappa shape index (κ3) is 1.56. The standard InChI is InChI=1S/C8H9O3P/c1-5-2-6(4-9)3-7(11-12)8(5)10/h2-4,10H,12H2,1H3. The number of carbonyl (C=O) groups is 1. The van der Waals surface area contributed by atoms with Gasteiger partial charge in [0.05, 0.1) is 9.47 Å². The van der Waals surface area contributed by atoms with E-state index >= 15 is 0 Å². The van der Waals surface area contributed by atoms with Gasteiger partial charge in [0.2, 0.25) is 0 Å². The highest BCUT2D eigenvalue weighted by molar-refractivity contribution is 7.10. The normalized spacial score (nSPS) is 9.50. The number of phenolic OH excluding ortho intramolecular Hbond substituents is 1. The zero-order valence-corrected chi connectivity index (χ0v) is 7.73. The Kier molecular flexibility index (Phi) is 2.66. The van der Waals surface area contributed by atoms with E-state index in [2.05, 4.69) is 0 Å². The minimum Gasteiger partial charge on any atom is -0.504 e. The first-order chi connectivity index (χ1) is 5.69. The molecule has 1 rings (SSSR count).